The molecule has 0 aliphatic rings. The highest BCUT2D eigenvalue weighted by Gasteiger charge is 2.17. The third-order valence-electron chi connectivity index (χ3n) is 1.25. The Kier molecular flexibility index (Phi) is 3.27. The maximum atomic E-state index is 10.3. The summed E-state index contributed by atoms with van der Waals surface area (Å²) in [5, 5.41) is 14.0. The third kappa shape index (κ3) is 2.43. The average molecular weight is 222 g/mol. The van der Waals surface area contributed by atoms with Gasteiger partial charge in [-0.25, -0.2) is 0 Å². The Morgan fingerprint density at radius 2 is 2.46 bits per heavy atom. The van der Waals surface area contributed by atoms with E-state index >= 15 is 0 Å². The fourth-order valence-electron chi connectivity index (χ4n) is 0.752. The average Bonchev–Trinajstić information content (AvgIpc) is 2.43. The van der Waals surface area contributed by atoms with Gasteiger partial charge in [0.2, 0.25) is 0 Å². The van der Waals surface area contributed by atoms with Gasteiger partial charge in [0.05, 0.1) is 17.8 Å². The number of aromatic nitrogens is 2. The lowest BCUT2D eigenvalue weighted by Crippen LogP contribution is -1.97. The first kappa shape index (κ1) is 10.0. The van der Waals surface area contributed by atoms with E-state index in [9.17, 15) is 10.1 Å². The molecule has 0 aromatic carbocycles. The van der Waals surface area contributed by atoms with E-state index in [1.165, 1.54) is 16.4 Å². The molecule has 0 saturated heterocycles. The molecule has 13 heavy (non-hydrogen) atoms. The smallest absolute Gasteiger partial charge is 0.358 e. The van der Waals surface area contributed by atoms with Gasteiger partial charge in [-0.2, -0.15) is 4.68 Å². The summed E-state index contributed by atoms with van der Waals surface area (Å²) >= 11 is 10.8. The molecule has 0 bridgehead atoms. The fraction of sp³-hybridized carbons (Fsp3) is 0.167. The molecule has 0 aliphatic carbocycles. The zero-order valence-electron chi connectivity index (χ0n) is 6.35. The van der Waals surface area contributed by atoms with Crippen molar-refractivity contribution in [1.29, 1.82) is 0 Å². The van der Waals surface area contributed by atoms with E-state index in [2.05, 4.69) is 5.10 Å². The quantitative estimate of drug-likeness (QED) is 0.581. The highest BCUT2D eigenvalue weighted by Crippen LogP contribution is 2.20. The van der Waals surface area contributed by atoms with Crippen molar-refractivity contribution < 1.29 is 4.92 Å². The standard InChI is InChI=1S/C6H5Cl2N3O2/c7-2-1-3-10-4-5(8)6(9-10)11(12)13/h1-2,4H,3H2/b2-1+. The van der Waals surface area contributed by atoms with Crippen molar-refractivity contribution in [2.75, 3.05) is 0 Å². The van der Waals surface area contributed by atoms with Gasteiger partial charge in [-0.3, -0.25) is 0 Å². The SMILES string of the molecule is O=[N+]([O-])c1nn(C/C=C/Cl)cc1Cl. The van der Waals surface area contributed by atoms with Gasteiger partial charge in [0.1, 0.15) is 0 Å². The Morgan fingerprint density at radius 3 is 2.92 bits per heavy atom. The first-order valence-electron chi connectivity index (χ1n) is 3.27. The number of nitrogens with zero attached hydrogens (tertiary/aromatic N) is 3. The van der Waals surface area contributed by atoms with Gasteiger partial charge in [-0.05, 0) is 11.0 Å². The number of allylic oxidation sites excluding steroid dienone is 1. The van der Waals surface area contributed by atoms with Gasteiger partial charge in [-0.15, -0.1) is 0 Å². The molecule has 0 fully saturated rings. The van der Waals surface area contributed by atoms with Crippen LogP contribution < -0.4 is 0 Å². The molecule has 0 atom stereocenters. The Balaban J connectivity index is 2.88. The monoisotopic (exact) mass is 221 g/mol. The molecule has 0 radical (unpaired) electrons. The van der Waals surface area contributed by atoms with Gasteiger partial charge in [0.25, 0.3) is 0 Å². The Morgan fingerprint density at radius 1 is 1.77 bits per heavy atom. The lowest BCUT2D eigenvalue weighted by molar-refractivity contribution is -0.389. The van der Waals surface area contributed by atoms with Crippen molar-refractivity contribution in [3.05, 3.63) is 32.9 Å². The van der Waals surface area contributed by atoms with Crippen LogP contribution in [-0.2, 0) is 6.54 Å². The lowest BCUT2D eigenvalue weighted by Gasteiger charge is -1.86. The highest BCUT2D eigenvalue weighted by molar-refractivity contribution is 6.32. The van der Waals surface area contributed by atoms with Crippen LogP contribution in [0.1, 0.15) is 0 Å². The van der Waals surface area contributed by atoms with Gasteiger partial charge in [0, 0.05) is 5.54 Å². The largest absolute Gasteiger partial charge is 0.408 e. The Labute approximate surface area is 83.7 Å². The van der Waals surface area contributed by atoms with Crippen LogP contribution in [0.4, 0.5) is 5.82 Å². The molecule has 1 aromatic heterocycles. The van der Waals surface area contributed by atoms with Crippen molar-refractivity contribution in [3.8, 4) is 0 Å². The second-order valence-electron chi connectivity index (χ2n) is 2.14. The van der Waals surface area contributed by atoms with E-state index < -0.39 is 4.92 Å². The zero-order chi connectivity index (χ0) is 9.84. The minimum absolute atomic E-state index is 0.0213. The molecule has 0 saturated carbocycles. The molecule has 1 rings (SSSR count). The number of halogens is 2. The van der Waals surface area contributed by atoms with Crippen LogP contribution in [0.5, 0.6) is 0 Å². The van der Waals surface area contributed by atoms with Crippen molar-refractivity contribution in [2.45, 2.75) is 6.54 Å². The minimum Gasteiger partial charge on any atom is -0.358 e. The maximum absolute atomic E-state index is 10.3. The van der Waals surface area contributed by atoms with Gasteiger partial charge in [0.15, 0.2) is 5.02 Å². The van der Waals surface area contributed by atoms with Crippen molar-refractivity contribution >= 4 is 29.0 Å². The molecule has 1 heterocycles. The molecule has 70 valence electrons. The van der Waals surface area contributed by atoms with Crippen LogP contribution >= 0.6 is 23.2 Å². The van der Waals surface area contributed by atoms with E-state index in [1.54, 1.807) is 6.08 Å². The number of nitro groups is 1. The molecular formula is C6H5Cl2N3O2. The summed E-state index contributed by atoms with van der Waals surface area (Å²) < 4.78 is 1.33. The molecule has 5 nitrogen and oxygen atoms in total. The van der Waals surface area contributed by atoms with Gasteiger partial charge >= 0.3 is 5.82 Å². The molecular weight excluding hydrogens is 217 g/mol. The summed E-state index contributed by atoms with van der Waals surface area (Å²) in [6.07, 6.45) is 2.96. The maximum Gasteiger partial charge on any atom is 0.408 e. The van der Waals surface area contributed by atoms with Crippen molar-refractivity contribution in [3.63, 3.8) is 0 Å². The molecule has 0 unspecified atom stereocenters. The van der Waals surface area contributed by atoms with Crippen molar-refractivity contribution in [1.82, 2.24) is 9.78 Å². The summed E-state index contributed by atoms with van der Waals surface area (Å²) in [4.78, 5) is 9.67. The highest BCUT2D eigenvalue weighted by atomic mass is 35.5. The lowest BCUT2D eigenvalue weighted by atomic mass is 10.6. The van der Waals surface area contributed by atoms with Crippen LogP contribution in [0.25, 0.3) is 0 Å². The second-order valence-corrected chi connectivity index (χ2v) is 2.80. The fourth-order valence-corrected chi connectivity index (χ4v) is 1.05. The molecule has 0 amide bonds. The molecule has 0 N–H and O–H groups in total. The third-order valence-corrected chi connectivity index (χ3v) is 1.70. The van der Waals surface area contributed by atoms with Crippen LogP contribution in [-0.4, -0.2) is 14.7 Å². The number of hydrogen-bond acceptors (Lipinski definition) is 3. The van der Waals surface area contributed by atoms with Crippen molar-refractivity contribution in [2.24, 2.45) is 0 Å². The number of hydrogen-bond donors (Lipinski definition) is 0. The molecule has 0 spiro atoms. The summed E-state index contributed by atoms with van der Waals surface area (Å²) in [6, 6.07) is 0. The number of rotatable bonds is 3. The van der Waals surface area contributed by atoms with E-state index in [0.717, 1.165) is 0 Å². The summed E-state index contributed by atoms with van der Waals surface area (Å²) in [6.45, 7) is 0.358. The van der Waals surface area contributed by atoms with Gasteiger partial charge in [-0.1, -0.05) is 23.2 Å². The topological polar surface area (TPSA) is 61.0 Å². The summed E-state index contributed by atoms with van der Waals surface area (Å²) in [5.74, 6) is -0.343. The molecule has 7 heteroatoms. The zero-order valence-corrected chi connectivity index (χ0v) is 7.87. The first-order chi connectivity index (χ1) is 6.15. The van der Waals surface area contributed by atoms with Crippen LogP contribution in [0.15, 0.2) is 17.8 Å². The predicted molar refractivity (Wildman–Crippen MR) is 48.9 cm³/mol. The normalized spacial score (nSPS) is 10.9. The predicted octanol–water partition coefficient (Wildman–Crippen LogP) is 2.20. The summed E-state index contributed by atoms with van der Waals surface area (Å²) in [7, 11) is 0. The Bertz CT molecular complexity index is 348. The second kappa shape index (κ2) is 4.25. The van der Waals surface area contributed by atoms with E-state index in [0.29, 0.717) is 6.54 Å². The minimum atomic E-state index is -0.636. The van der Waals surface area contributed by atoms with Crippen LogP contribution in [0.3, 0.4) is 0 Å². The Hall–Kier alpha value is -1.07. The summed E-state index contributed by atoms with van der Waals surface area (Å²) in [5.41, 5.74) is 1.31. The molecule has 0 aliphatic heterocycles. The van der Waals surface area contributed by atoms with E-state index in [1.807, 2.05) is 0 Å². The van der Waals surface area contributed by atoms with E-state index in [-0.39, 0.29) is 10.8 Å². The van der Waals surface area contributed by atoms with Gasteiger partial charge < -0.3 is 10.1 Å². The first-order valence-corrected chi connectivity index (χ1v) is 4.09. The van der Waals surface area contributed by atoms with Crippen LogP contribution in [0.2, 0.25) is 5.02 Å². The van der Waals surface area contributed by atoms with Crippen LogP contribution in [0, 0.1) is 10.1 Å². The van der Waals surface area contributed by atoms with E-state index in [4.69, 9.17) is 23.2 Å². The molecule has 1 aromatic rings.